The third-order valence-corrected chi connectivity index (χ3v) is 5.14. The Balaban J connectivity index is 0.00000261. The molecule has 1 saturated heterocycles. The van der Waals surface area contributed by atoms with Gasteiger partial charge in [0.2, 0.25) is 15.9 Å². The van der Waals surface area contributed by atoms with Crippen molar-refractivity contribution < 1.29 is 13.2 Å². The zero-order chi connectivity index (χ0) is 18.7. The van der Waals surface area contributed by atoms with Crippen LogP contribution in [-0.4, -0.2) is 44.6 Å². The Kier molecular flexibility index (Phi) is 6.86. The molecule has 0 aliphatic carbocycles. The van der Waals surface area contributed by atoms with Crippen LogP contribution in [-0.2, 0) is 21.2 Å². The fraction of sp³-hybridized carbons (Fsp3) is 0.316. The van der Waals surface area contributed by atoms with Gasteiger partial charge in [-0.25, -0.2) is 8.42 Å². The molecule has 2 aromatic carbocycles. The summed E-state index contributed by atoms with van der Waals surface area (Å²) in [5.74, 6) is 0.133. The summed E-state index contributed by atoms with van der Waals surface area (Å²) < 4.78 is 25.1. The molecule has 1 aliphatic rings. The van der Waals surface area contributed by atoms with E-state index in [2.05, 4.69) is 4.72 Å². The number of hydrogen-bond acceptors (Lipinski definition) is 4. The third kappa shape index (κ3) is 5.69. The van der Waals surface area contributed by atoms with E-state index >= 15 is 0 Å². The summed E-state index contributed by atoms with van der Waals surface area (Å²) in [7, 11) is -3.35. The molecule has 1 heterocycles. The van der Waals surface area contributed by atoms with E-state index in [0.717, 1.165) is 17.4 Å². The van der Waals surface area contributed by atoms with Gasteiger partial charge in [-0.05, 0) is 23.3 Å². The fourth-order valence-corrected chi connectivity index (χ4v) is 3.89. The lowest BCUT2D eigenvalue weighted by Crippen LogP contribution is -2.33. The predicted octanol–water partition coefficient (Wildman–Crippen LogP) is 1.98. The van der Waals surface area contributed by atoms with Gasteiger partial charge >= 0.3 is 0 Å². The molecule has 0 bridgehead atoms. The van der Waals surface area contributed by atoms with Crippen LogP contribution in [0.3, 0.4) is 0 Å². The van der Waals surface area contributed by atoms with Crippen LogP contribution in [0.2, 0.25) is 0 Å². The quantitative estimate of drug-likeness (QED) is 0.789. The second kappa shape index (κ2) is 8.73. The first-order chi connectivity index (χ1) is 12.3. The predicted molar refractivity (Wildman–Crippen MR) is 110 cm³/mol. The van der Waals surface area contributed by atoms with Crippen LogP contribution >= 0.6 is 12.4 Å². The minimum absolute atomic E-state index is 0. The second-order valence-electron chi connectivity index (χ2n) is 6.73. The molecule has 2 aromatic rings. The smallest absolute Gasteiger partial charge is 0.229 e. The van der Waals surface area contributed by atoms with Gasteiger partial charge in [0.05, 0.1) is 12.7 Å². The molecular weight excluding hydrogens is 386 g/mol. The van der Waals surface area contributed by atoms with E-state index in [-0.39, 0.29) is 36.7 Å². The summed E-state index contributed by atoms with van der Waals surface area (Å²) in [5.41, 5.74) is 8.62. The average molecular weight is 410 g/mol. The zero-order valence-electron chi connectivity index (χ0n) is 15.0. The Labute approximate surface area is 166 Å². The largest absolute Gasteiger partial charge is 0.340 e. The van der Waals surface area contributed by atoms with Crippen molar-refractivity contribution >= 4 is 34.0 Å². The molecule has 6 nitrogen and oxygen atoms in total. The van der Waals surface area contributed by atoms with Crippen LogP contribution in [0, 0.1) is 0 Å². The molecule has 8 heteroatoms. The van der Waals surface area contributed by atoms with Crippen molar-refractivity contribution in [1.82, 2.24) is 4.90 Å². The highest BCUT2D eigenvalue weighted by atomic mass is 35.5. The number of halogens is 1. The van der Waals surface area contributed by atoms with Crippen LogP contribution in [0.4, 0.5) is 5.69 Å². The fourth-order valence-electron chi connectivity index (χ4n) is 3.33. The standard InChI is InChI=1S/C19H23N3O3S.ClH/c1-26(24,25)21-16-9-5-6-14(10-16)11-19(23)22-12-17(18(20)13-22)15-7-3-2-4-8-15;/h2-10,17-18,21H,11-13,20H2,1H3;1H/t17-,18+;/m0./s1. The minimum Gasteiger partial charge on any atom is -0.340 e. The maximum atomic E-state index is 12.7. The maximum Gasteiger partial charge on any atom is 0.229 e. The van der Waals surface area contributed by atoms with Gasteiger partial charge in [-0.15, -0.1) is 12.4 Å². The first-order valence-corrected chi connectivity index (χ1v) is 10.4. The van der Waals surface area contributed by atoms with Crippen molar-refractivity contribution in [2.24, 2.45) is 5.73 Å². The van der Waals surface area contributed by atoms with Crippen molar-refractivity contribution in [2.45, 2.75) is 18.4 Å². The molecule has 1 fully saturated rings. The molecule has 0 saturated carbocycles. The number of carbonyl (C=O) groups excluding carboxylic acids is 1. The lowest BCUT2D eigenvalue weighted by atomic mass is 9.95. The lowest BCUT2D eigenvalue weighted by Gasteiger charge is -2.17. The molecule has 0 aromatic heterocycles. The van der Waals surface area contributed by atoms with Gasteiger partial charge < -0.3 is 10.6 Å². The average Bonchev–Trinajstić information content (AvgIpc) is 2.96. The van der Waals surface area contributed by atoms with Crippen molar-refractivity contribution in [2.75, 3.05) is 24.1 Å². The van der Waals surface area contributed by atoms with Gasteiger partial charge in [0, 0.05) is 30.7 Å². The van der Waals surface area contributed by atoms with Crippen LogP contribution in [0.1, 0.15) is 17.0 Å². The molecule has 3 N–H and O–H groups in total. The molecule has 1 amide bonds. The molecule has 0 spiro atoms. The Hall–Kier alpha value is -2.09. The van der Waals surface area contributed by atoms with E-state index in [4.69, 9.17) is 5.73 Å². The molecule has 1 aliphatic heterocycles. The van der Waals surface area contributed by atoms with Crippen molar-refractivity contribution in [3.05, 3.63) is 65.7 Å². The molecule has 146 valence electrons. The number of benzene rings is 2. The van der Waals surface area contributed by atoms with Gasteiger partial charge in [0.25, 0.3) is 0 Å². The summed E-state index contributed by atoms with van der Waals surface area (Å²) in [6, 6.07) is 16.8. The highest BCUT2D eigenvalue weighted by Crippen LogP contribution is 2.27. The lowest BCUT2D eigenvalue weighted by molar-refractivity contribution is -0.129. The summed E-state index contributed by atoms with van der Waals surface area (Å²) in [4.78, 5) is 14.5. The number of amides is 1. The van der Waals surface area contributed by atoms with Crippen molar-refractivity contribution in [1.29, 1.82) is 0 Å². The summed E-state index contributed by atoms with van der Waals surface area (Å²) >= 11 is 0. The van der Waals surface area contributed by atoms with Gasteiger partial charge in [0.1, 0.15) is 0 Å². The normalized spacial score (nSPS) is 19.4. The van der Waals surface area contributed by atoms with Crippen LogP contribution in [0.25, 0.3) is 0 Å². The SMILES string of the molecule is CS(=O)(=O)Nc1cccc(CC(=O)N2C[C@@H](N)[C@H](c3ccccc3)C2)c1.Cl. The first kappa shape index (κ1) is 21.2. The number of nitrogens with one attached hydrogen (secondary N) is 1. The van der Waals surface area contributed by atoms with Crippen LogP contribution in [0.5, 0.6) is 0 Å². The van der Waals surface area contributed by atoms with Crippen molar-refractivity contribution in [3.8, 4) is 0 Å². The minimum atomic E-state index is -3.35. The molecule has 2 atom stereocenters. The number of rotatable bonds is 5. The van der Waals surface area contributed by atoms with E-state index < -0.39 is 10.0 Å². The van der Waals surface area contributed by atoms with E-state index in [1.807, 2.05) is 36.4 Å². The molecular formula is C19H24ClN3O3S. The maximum absolute atomic E-state index is 12.7. The number of nitrogens with two attached hydrogens (primary N) is 1. The Bertz CT molecular complexity index is 890. The molecule has 0 unspecified atom stereocenters. The highest BCUT2D eigenvalue weighted by molar-refractivity contribution is 7.92. The van der Waals surface area contributed by atoms with Crippen LogP contribution in [0.15, 0.2) is 54.6 Å². The number of sulfonamides is 1. The number of anilines is 1. The first-order valence-electron chi connectivity index (χ1n) is 8.47. The number of likely N-dealkylation sites (tertiary alicyclic amines) is 1. The summed E-state index contributed by atoms with van der Waals surface area (Å²) in [6.07, 6.45) is 1.31. The molecule has 3 rings (SSSR count). The second-order valence-corrected chi connectivity index (χ2v) is 8.48. The third-order valence-electron chi connectivity index (χ3n) is 4.53. The van der Waals surface area contributed by atoms with Crippen LogP contribution < -0.4 is 10.5 Å². The number of carbonyl (C=O) groups is 1. The number of hydrogen-bond donors (Lipinski definition) is 2. The number of nitrogens with zero attached hydrogens (tertiary/aromatic N) is 1. The molecule has 27 heavy (non-hydrogen) atoms. The van der Waals surface area contributed by atoms with Gasteiger partial charge in [0.15, 0.2) is 0 Å². The Morgan fingerprint density at radius 3 is 2.52 bits per heavy atom. The van der Waals surface area contributed by atoms with E-state index in [1.54, 1.807) is 23.1 Å². The van der Waals surface area contributed by atoms with E-state index in [9.17, 15) is 13.2 Å². The van der Waals surface area contributed by atoms with E-state index in [0.29, 0.717) is 18.8 Å². The topological polar surface area (TPSA) is 92.5 Å². The Morgan fingerprint density at radius 2 is 1.85 bits per heavy atom. The zero-order valence-corrected chi connectivity index (χ0v) is 16.7. The summed E-state index contributed by atoms with van der Waals surface area (Å²) in [5, 5.41) is 0. The van der Waals surface area contributed by atoms with E-state index in [1.165, 1.54) is 0 Å². The molecule has 0 radical (unpaired) electrons. The van der Waals surface area contributed by atoms with Gasteiger partial charge in [-0.1, -0.05) is 42.5 Å². The Morgan fingerprint density at radius 1 is 1.15 bits per heavy atom. The van der Waals surface area contributed by atoms with Crippen molar-refractivity contribution in [3.63, 3.8) is 0 Å². The van der Waals surface area contributed by atoms with Gasteiger partial charge in [-0.2, -0.15) is 0 Å². The van der Waals surface area contributed by atoms with Gasteiger partial charge in [-0.3, -0.25) is 9.52 Å². The summed E-state index contributed by atoms with van der Waals surface area (Å²) in [6.45, 7) is 1.13. The highest BCUT2D eigenvalue weighted by Gasteiger charge is 2.33. The monoisotopic (exact) mass is 409 g/mol.